The highest BCUT2D eigenvalue weighted by atomic mass is 79.9. The lowest BCUT2D eigenvalue weighted by Crippen LogP contribution is -2.13. The molecule has 2 nitrogen and oxygen atoms in total. The zero-order valence-electron chi connectivity index (χ0n) is 19.7. The Morgan fingerprint density at radius 3 is 1.34 bits per heavy atom. The van der Waals surface area contributed by atoms with Crippen molar-refractivity contribution in [3.63, 3.8) is 0 Å². The minimum absolute atomic E-state index is 0.201. The molecule has 0 aliphatic heterocycles. The fraction of sp³-hybridized carbons (Fsp3) is 0.957. The Balaban J connectivity index is 0. The normalized spacial score (nSPS) is 11.2. The monoisotopic (exact) mass is 630 g/mol. The number of hydrogen-bond acceptors (Lipinski definition) is 4. The van der Waals surface area contributed by atoms with E-state index in [0.717, 1.165) is 43.0 Å². The van der Waals surface area contributed by atoms with Gasteiger partial charge in [-0.25, -0.2) is 0 Å². The number of hydrogen-bond donors (Lipinski definition) is 0. The van der Waals surface area contributed by atoms with Gasteiger partial charge in [-0.05, 0) is 44.2 Å². The number of thiocarbonyl (C=S) groups is 1. The molecule has 194 valence electrons. The van der Waals surface area contributed by atoms with Crippen molar-refractivity contribution < 1.29 is 22.6 Å². The van der Waals surface area contributed by atoms with E-state index < -0.39 is 6.36 Å². The van der Waals surface area contributed by atoms with Crippen molar-refractivity contribution in [3.05, 3.63) is 0 Å². The Bertz CT molecular complexity index is 391. The van der Waals surface area contributed by atoms with Gasteiger partial charge in [0.05, 0.1) is 13.2 Å². The third-order valence-electron chi connectivity index (χ3n) is 4.71. The summed E-state index contributed by atoms with van der Waals surface area (Å²) in [6.07, 6.45) is 16.4. The third kappa shape index (κ3) is 35.5. The lowest BCUT2D eigenvalue weighted by Gasteiger charge is -2.06. The van der Waals surface area contributed by atoms with E-state index in [2.05, 4.69) is 36.6 Å². The highest BCUT2D eigenvalue weighted by Crippen LogP contribution is 2.17. The zero-order valence-corrected chi connectivity index (χ0v) is 24.5. The standard InChI is InChI=1S/C12H23BrOS2.C11H20BrF3O/c1-16-12(15)14-11-9-7-5-3-2-4-6-8-10-13;12-9-7-5-3-1-2-4-6-8-10-16-11(13,14)15/h2-11H2,1H3;1-10H2. The van der Waals surface area contributed by atoms with Crippen LogP contribution in [0.2, 0.25) is 0 Å². The number of halogens is 5. The second kappa shape index (κ2) is 28.2. The van der Waals surface area contributed by atoms with Crippen LogP contribution < -0.4 is 0 Å². The molecule has 0 aliphatic rings. The highest BCUT2D eigenvalue weighted by molar-refractivity contribution is 9.09. The van der Waals surface area contributed by atoms with Crippen molar-refractivity contribution in [2.45, 2.75) is 109 Å². The number of thioether (sulfide) groups is 1. The van der Waals surface area contributed by atoms with E-state index in [1.54, 1.807) is 0 Å². The Labute approximate surface area is 221 Å². The summed E-state index contributed by atoms with van der Waals surface area (Å²) in [6.45, 7) is 0.594. The maximum atomic E-state index is 11.6. The molecule has 0 radical (unpaired) electrons. The first-order valence-corrected chi connectivity index (χ1v) is 15.8. The topological polar surface area (TPSA) is 18.5 Å². The molecule has 0 atom stereocenters. The lowest BCUT2D eigenvalue weighted by molar-refractivity contribution is -0.324. The fourth-order valence-electron chi connectivity index (χ4n) is 2.92. The Morgan fingerprint density at radius 2 is 1.00 bits per heavy atom. The number of alkyl halides is 5. The molecular formula is C23H43Br2F3O2S2. The van der Waals surface area contributed by atoms with Crippen LogP contribution >= 0.6 is 55.8 Å². The predicted molar refractivity (Wildman–Crippen MR) is 146 cm³/mol. The molecule has 32 heavy (non-hydrogen) atoms. The number of rotatable bonds is 20. The van der Waals surface area contributed by atoms with Gasteiger partial charge in [0, 0.05) is 10.7 Å². The summed E-state index contributed by atoms with van der Waals surface area (Å²) >= 11 is 13.3. The van der Waals surface area contributed by atoms with Crippen LogP contribution in [0.25, 0.3) is 0 Å². The molecule has 0 rings (SSSR count). The maximum absolute atomic E-state index is 11.6. The summed E-state index contributed by atoms with van der Waals surface area (Å²) in [4.78, 5) is 0. The summed E-state index contributed by atoms with van der Waals surface area (Å²) in [7, 11) is 0. The molecule has 0 heterocycles. The smallest absolute Gasteiger partial charge is 0.479 e. The van der Waals surface area contributed by atoms with Crippen molar-refractivity contribution in [2.24, 2.45) is 0 Å². The van der Waals surface area contributed by atoms with Gasteiger partial charge in [0.15, 0.2) is 0 Å². The van der Waals surface area contributed by atoms with E-state index in [1.165, 1.54) is 82.4 Å². The zero-order chi connectivity index (χ0) is 24.3. The molecule has 0 amide bonds. The van der Waals surface area contributed by atoms with Crippen LogP contribution in [0.15, 0.2) is 0 Å². The second-order valence-corrected chi connectivity index (χ2v) is 10.6. The molecule has 0 aromatic heterocycles. The summed E-state index contributed by atoms with van der Waals surface area (Å²) in [5.41, 5.74) is 0. The minimum atomic E-state index is -4.46. The van der Waals surface area contributed by atoms with Crippen molar-refractivity contribution >= 4 is 60.2 Å². The van der Waals surface area contributed by atoms with E-state index in [9.17, 15) is 13.2 Å². The molecular weight excluding hydrogens is 589 g/mol. The second-order valence-electron chi connectivity index (χ2n) is 7.63. The predicted octanol–water partition coefficient (Wildman–Crippen LogP) is 10.2. The lowest BCUT2D eigenvalue weighted by atomic mass is 10.1. The largest absolute Gasteiger partial charge is 0.522 e. The van der Waals surface area contributed by atoms with Gasteiger partial charge in [0.25, 0.3) is 0 Å². The summed E-state index contributed by atoms with van der Waals surface area (Å²) in [5.74, 6) is 0. The summed E-state index contributed by atoms with van der Waals surface area (Å²) < 4.78 is 44.4. The Hall–Kier alpha value is 0.950. The van der Waals surface area contributed by atoms with E-state index >= 15 is 0 Å². The quantitative estimate of drug-likeness (QED) is 0.0755. The van der Waals surface area contributed by atoms with Gasteiger partial charge in [-0.1, -0.05) is 121 Å². The SMILES string of the molecule is CSC(=S)OCCCCCCCCCCBr.FC(F)(F)OCCCCCCCCCCBr. The molecule has 0 aliphatic carbocycles. The fourth-order valence-corrected chi connectivity index (χ4v) is 3.99. The first-order chi connectivity index (χ1) is 15.4. The first-order valence-electron chi connectivity index (χ1n) is 11.9. The first kappa shape index (κ1) is 35.1. The van der Waals surface area contributed by atoms with Crippen molar-refractivity contribution in [2.75, 3.05) is 30.1 Å². The average Bonchev–Trinajstić information content (AvgIpc) is 2.76. The van der Waals surface area contributed by atoms with Crippen LogP contribution in [-0.2, 0) is 9.47 Å². The van der Waals surface area contributed by atoms with Crippen molar-refractivity contribution in [1.29, 1.82) is 0 Å². The molecule has 0 saturated carbocycles. The van der Waals surface area contributed by atoms with Gasteiger partial charge in [-0.15, -0.1) is 13.2 Å². The minimum Gasteiger partial charge on any atom is -0.479 e. The van der Waals surface area contributed by atoms with Crippen LogP contribution in [-0.4, -0.2) is 40.9 Å². The molecule has 0 unspecified atom stereocenters. The third-order valence-corrected chi connectivity index (χ3v) is 6.90. The molecule has 0 aromatic carbocycles. The van der Waals surface area contributed by atoms with Gasteiger partial charge in [0.2, 0.25) is 4.38 Å². The van der Waals surface area contributed by atoms with E-state index in [-0.39, 0.29) is 6.61 Å². The van der Waals surface area contributed by atoms with Gasteiger partial charge in [-0.3, -0.25) is 4.74 Å². The molecule has 0 aromatic rings. The molecule has 0 saturated heterocycles. The maximum Gasteiger partial charge on any atom is 0.522 e. The highest BCUT2D eigenvalue weighted by Gasteiger charge is 2.28. The Kier molecular flexibility index (Phi) is 30.9. The summed E-state index contributed by atoms with van der Waals surface area (Å²) in [5, 5.41) is 2.21. The van der Waals surface area contributed by atoms with Crippen LogP contribution in [0.5, 0.6) is 0 Å². The van der Waals surface area contributed by atoms with E-state index in [0.29, 0.717) is 10.8 Å². The van der Waals surface area contributed by atoms with E-state index in [4.69, 9.17) is 17.0 Å². The van der Waals surface area contributed by atoms with Crippen LogP contribution in [0, 0.1) is 0 Å². The van der Waals surface area contributed by atoms with Crippen molar-refractivity contribution in [3.8, 4) is 0 Å². The molecule has 0 spiro atoms. The average molecular weight is 633 g/mol. The van der Waals surface area contributed by atoms with Gasteiger partial charge >= 0.3 is 6.36 Å². The molecule has 0 N–H and O–H groups in total. The van der Waals surface area contributed by atoms with Gasteiger partial charge < -0.3 is 4.74 Å². The van der Waals surface area contributed by atoms with E-state index in [1.807, 2.05) is 6.26 Å². The molecule has 0 bridgehead atoms. The number of ether oxygens (including phenoxy) is 2. The van der Waals surface area contributed by atoms with Crippen molar-refractivity contribution in [1.82, 2.24) is 0 Å². The molecule has 9 heteroatoms. The number of unbranched alkanes of at least 4 members (excludes halogenated alkanes) is 14. The molecule has 0 fully saturated rings. The Morgan fingerprint density at radius 1 is 0.656 bits per heavy atom. The summed E-state index contributed by atoms with van der Waals surface area (Å²) in [6, 6.07) is 0. The van der Waals surface area contributed by atoms with Crippen LogP contribution in [0.3, 0.4) is 0 Å². The van der Waals surface area contributed by atoms with Crippen LogP contribution in [0.4, 0.5) is 13.2 Å². The van der Waals surface area contributed by atoms with Crippen LogP contribution in [0.1, 0.15) is 103 Å². The van der Waals surface area contributed by atoms with Gasteiger partial charge in [0.1, 0.15) is 0 Å². The van der Waals surface area contributed by atoms with Gasteiger partial charge in [-0.2, -0.15) is 0 Å².